The van der Waals surface area contributed by atoms with Crippen LogP contribution in [0, 0.1) is 0 Å². The summed E-state index contributed by atoms with van der Waals surface area (Å²) in [5, 5.41) is 13.4. The Morgan fingerprint density at radius 2 is 0.735 bits per heavy atom. The summed E-state index contributed by atoms with van der Waals surface area (Å²) in [5.74, 6) is -0.881. The molecule has 1 amide bonds. The molecule has 3 N–H and O–H groups in total. The Balaban J connectivity index is 3.79. The molecule has 0 fully saturated rings. The first-order valence-corrected chi connectivity index (χ1v) is 23.3. The number of carbonyl (C=O) groups is 1. The standard InChI is InChI=1S/C42H85NO5S/c1-3-5-7-9-11-13-15-17-19-21-22-23-25-27-29-31-33-35-37-41(44)40(39-49(46,47)48)43-42(45)38-36-34-32-30-28-26-24-20-18-16-14-12-10-8-6-4-2/h40-41,44H,3-39H2,1-2H3,(H,43,45)(H,46,47,48). The molecule has 0 saturated carbocycles. The van der Waals surface area contributed by atoms with E-state index in [1.54, 1.807) is 0 Å². The molecule has 0 heterocycles. The first kappa shape index (κ1) is 48.3. The van der Waals surface area contributed by atoms with Crippen LogP contribution in [0.2, 0.25) is 0 Å². The van der Waals surface area contributed by atoms with Gasteiger partial charge in [-0.3, -0.25) is 9.35 Å². The summed E-state index contributed by atoms with van der Waals surface area (Å²) < 4.78 is 32.6. The number of nitrogens with one attached hydrogen (secondary N) is 1. The summed E-state index contributed by atoms with van der Waals surface area (Å²) in [6.45, 7) is 4.54. The Morgan fingerprint density at radius 1 is 0.469 bits per heavy atom. The number of rotatable bonds is 40. The first-order valence-electron chi connectivity index (χ1n) is 21.7. The molecule has 0 aromatic heterocycles. The zero-order valence-corrected chi connectivity index (χ0v) is 33.7. The molecule has 0 aliphatic heterocycles. The number of hydrogen-bond acceptors (Lipinski definition) is 4. The second-order valence-corrected chi connectivity index (χ2v) is 16.8. The SMILES string of the molecule is CCCCCCCCCCCCCCCCCCCCC(O)C(CS(=O)(=O)O)NC(=O)CCCCCCCCCCCCCCCCCC. The van der Waals surface area contributed by atoms with Crippen LogP contribution in [-0.2, 0) is 14.9 Å². The number of amides is 1. The Hall–Kier alpha value is -0.660. The number of aliphatic hydroxyl groups is 1. The van der Waals surface area contributed by atoms with Crippen LogP contribution < -0.4 is 5.32 Å². The lowest BCUT2D eigenvalue weighted by atomic mass is 10.0. The average Bonchev–Trinajstić information content (AvgIpc) is 3.06. The van der Waals surface area contributed by atoms with Crippen LogP contribution >= 0.6 is 0 Å². The Morgan fingerprint density at radius 3 is 1.02 bits per heavy atom. The molecule has 2 atom stereocenters. The molecule has 294 valence electrons. The van der Waals surface area contributed by atoms with Gasteiger partial charge in [0.05, 0.1) is 17.9 Å². The van der Waals surface area contributed by atoms with E-state index in [9.17, 15) is 22.9 Å². The van der Waals surface area contributed by atoms with E-state index in [4.69, 9.17) is 0 Å². The zero-order chi connectivity index (χ0) is 36.1. The van der Waals surface area contributed by atoms with E-state index in [2.05, 4.69) is 19.2 Å². The molecule has 0 saturated heterocycles. The molecule has 2 unspecified atom stereocenters. The van der Waals surface area contributed by atoms with E-state index in [0.717, 1.165) is 38.5 Å². The van der Waals surface area contributed by atoms with Crippen LogP contribution in [0.15, 0.2) is 0 Å². The van der Waals surface area contributed by atoms with Gasteiger partial charge in [0.2, 0.25) is 5.91 Å². The van der Waals surface area contributed by atoms with E-state index in [0.29, 0.717) is 12.8 Å². The van der Waals surface area contributed by atoms with Gasteiger partial charge in [-0.05, 0) is 12.8 Å². The van der Waals surface area contributed by atoms with Crippen molar-refractivity contribution in [2.45, 2.75) is 257 Å². The van der Waals surface area contributed by atoms with Crippen LogP contribution in [-0.4, -0.2) is 41.9 Å². The van der Waals surface area contributed by atoms with Crippen molar-refractivity contribution in [1.82, 2.24) is 5.32 Å². The number of aliphatic hydroxyl groups excluding tert-OH is 1. The van der Waals surface area contributed by atoms with Gasteiger partial charge in [-0.25, -0.2) is 0 Å². The summed E-state index contributed by atoms with van der Waals surface area (Å²) in [6.07, 6.45) is 43.4. The number of hydrogen-bond donors (Lipinski definition) is 3. The van der Waals surface area contributed by atoms with Gasteiger partial charge in [0.1, 0.15) is 0 Å². The minimum atomic E-state index is -4.30. The number of unbranched alkanes of at least 4 members (excludes halogenated alkanes) is 32. The lowest BCUT2D eigenvalue weighted by Crippen LogP contribution is -2.47. The zero-order valence-electron chi connectivity index (χ0n) is 32.8. The van der Waals surface area contributed by atoms with Crippen molar-refractivity contribution in [3.05, 3.63) is 0 Å². The Bertz CT molecular complexity index is 790. The van der Waals surface area contributed by atoms with Gasteiger partial charge < -0.3 is 10.4 Å². The molecule has 0 aromatic carbocycles. The lowest BCUT2D eigenvalue weighted by Gasteiger charge is -2.23. The molecule has 0 radical (unpaired) electrons. The Kier molecular flexibility index (Phi) is 36.6. The third kappa shape index (κ3) is 38.4. The van der Waals surface area contributed by atoms with Gasteiger partial charge in [0.25, 0.3) is 10.1 Å². The molecular weight excluding hydrogens is 631 g/mol. The van der Waals surface area contributed by atoms with E-state index in [1.807, 2.05) is 0 Å². The summed E-state index contributed by atoms with van der Waals surface area (Å²) in [5.41, 5.74) is 0. The second-order valence-electron chi connectivity index (χ2n) is 15.3. The van der Waals surface area contributed by atoms with Gasteiger partial charge in [0, 0.05) is 6.42 Å². The normalized spacial score (nSPS) is 13.1. The smallest absolute Gasteiger partial charge is 0.266 e. The Labute approximate surface area is 306 Å². The van der Waals surface area contributed by atoms with E-state index >= 15 is 0 Å². The van der Waals surface area contributed by atoms with E-state index in [1.165, 1.54) is 180 Å². The van der Waals surface area contributed by atoms with Gasteiger partial charge in [-0.1, -0.05) is 226 Å². The summed E-state index contributed by atoms with van der Waals surface area (Å²) in [4.78, 5) is 12.5. The van der Waals surface area contributed by atoms with E-state index in [-0.39, 0.29) is 5.91 Å². The topological polar surface area (TPSA) is 104 Å². The number of carbonyl (C=O) groups excluding carboxylic acids is 1. The van der Waals surface area contributed by atoms with Crippen LogP contribution in [0.1, 0.15) is 245 Å². The molecule has 6 nitrogen and oxygen atoms in total. The van der Waals surface area contributed by atoms with Crippen molar-refractivity contribution < 1.29 is 22.9 Å². The highest BCUT2D eigenvalue weighted by atomic mass is 32.2. The minimum Gasteiger partial charge on any atom is -0.391 e. The van der Waals surface area contributed by atoms with Crippen LogP contribution in [0.5, 0.6) is 0 Å². The summed E-state index contributed by atoms with van der Waals surface area (Å²) in [6, 6.07) is -0.964. The predicted molar refractivity (Wildman–Crippen MR) is 212 cm³/mol. The highest BCUT2D eigenvalue weighted by Gasteiger charge is 2.26. The van der Waals surface area contributed by atoms with Gasteiger partial charge in [-0.2, -0.15) is 8.42 Å². The van der Waals surface area contributed by atoms with Crippen LogP contribution in [0.4, 0.5) is 0 Å². The molecule has 0 aliphatic rings. The van der Waals surface area contributed by atoms with E-state index < -0.39 is 28.0 Å². The van der Waals surface area contributed by atoms with Crippen LogP contribution in [0.3, 0.4) is 0 Å². The summed E-state index contributed by atoms with van der Waals surface area (Å²) >= 11 is 0. The lowest BCUT2D eigenvalue weighted by molar-refractivity contribution is -0.122. The minimum absolute atomic E-state index is 0.240. The second kappa shape index (κ2) is 37.1. The van der Waals surface area contributed by atoms with Crippen molar-refractivity contribution in [1.29, 1.82) is 0 Å². The van der Waals surface area contributed by atoms with Gasteiger partial charge >= 0.3 is 0 Å². The maximum Gasteiger partial charge on any atom is 0.266 e. The molecule has 0 bridgehead atoms. The maximum atomic E-state index is 12.5. The molecular formula is C42H85NO5S. The molecule has 0 aromatic rings. The van der Waals surface area contributed by atoms with Crippen molar-refractivity contribution in [2.24, 2.45) is 0 Å². The monoisotopic (exact) mass is 716 g/mol. The molecule has 0 spiro atoms. The average molecular weight is 716 g/mol. The molecule has 0 rings (SSSR count). The van der Waals surface area contributed by atoms with Gasteiger partial charge in [0.15, 0.2) is 0 Å². The van der Waals surface area contributed by atoms with Gasteiger partial charge in [-0.15, -0.1) is 0 Å². The van der Waals surface area contributed by atoms with Crippen molar-refractivity contribution in [3.8, 4) is 0 Å². The third-order valence-electron chi connectivity index (χ3n) is 10.3. The van der Waals surface area contributed by atoms with Crippen molar-refractivity contribution >= 4 is 16.0 Å². The molecule has 7 heteroatoms. The summed E-state index contributed by atoms with van der Waals surface area (Å²) in [7, 11) is -4.30. The predicted octanol–water partition coefficient (Wildman–Crippen LogP) is 12.8. The maximum absolute atomic E-state index is 12.5. The molecule has 49 heavy (non-hydrogen) atoms. The highest BCUT2D eigenvalue weighted by molar-refractivity contribution is 7.85. The largest absolute Gasteiger partial charge is 0.391 e. The quantitative estimate of drug-likeness (QED) is 0.0433. The molecule has 0 aliphatic carbocycles. The third-order valence-corrected chi connectivity index (χ3v) is 11.1. The van der Waals surface area contributed by atoms with Crippen molar-refractivity contribution in [2.75, 3.05) is 5.75 Å². The van der Waals surface area contributed by atoms with Crippen molar-refractivity contribution in [3.63, 3.8) is 0 Å². The fourth-order valence-electron chi connectivity index (χ4n) is 7.04. The fourth-order valence-corrected chi connectivity index (χ4v) is 7.80. The fraction of sp³-hybridized carbons (Fsp3) is 0.976. The van der Waals surface area contributed by atoms with Crippen LogP contribution in [0.25, 0.3) is 0 Å². The highest BCUT2D eigenvalue weighted by Crippen LogP contribution is 2.17. The first-order chi connectivity index (χ1) is 23.8.